The number of fused-ring (bicyclic) bond motifs is 5. The Balaban J connectivity index is 1.50. The number of rotatable bonds is 3. The lowest BCUT2D eigenvalue weighted by atomic mass is 9.49. The standard InChI is InChI=1S/C25H39NO/c1-5-26-15-12-17(2)22-8-9-23-21-7-6-18-16-24(3,27)13-10-19(18)20(21)11-14-25(22,23)4/h5,12,15,18-23,27H,2,6-11,13-14,16H2,1,3-4H3/b15-12-,26-5?/t18-,19+,20-,21-,22-,23+,24-,25-/m1/s1. The lowest BCUT2D eigenvalue weighted by Crippen LogP contribution is -2.50. The van der Waals surface area contributed by atoms with Crippen LogP contribution in [0.15, 0.2) is 29.4 Å². The molecule has 2 nitrogen and oxygen atoms in total. The summed E-state index contributed by atoms with van der Waals surface area (Å²) in [6, 6.07) is 0. The monoisotopic (exact) mass is 369 g/mol. The van der Waals surface area contributed by atoms with Crippen molar-refractivity contribution in [3.63, 3.8) is 0 Å². The van der Waals surface area contributed by atoms with Gasteiger partial charge in [0.05, 0.1) is 5.60 Å². The molecule has 4 saturated carbocycles. The van der Waals surface area contributed by atoms with Crippen molar-refractivity contribution >= 4 is 6.21 Å². The van der Waals surface area contributed by atoms with E-state index in [-0.39, 0.29) is 0 Å². The maximum atomic E-state index is 10.6. The van der Waals surface area contributed by atoms with Crippen molar-refractivity contribution in [3.05, 3.63) is 24.4 Å². The van der Waals surface area contributed by atoms with Crippen LogP contribution in [0, 0.1) is 40.9 Å². The Hall–Kier alpha value is -0.890. The summed E-state index contributed by atoms with van der Waals surface area (Å²) in [4.78, 5) is 4.25. The van der Waals surface area contributed by atoms with Crippen LogP contribution in [0.3, 0.4) is 0 Å². The quantitative estimate of drug-likeness (QED) is 0.468. The first-order chi connectivity index (χ1) is 12.9. The smallest absolute Gasteiger partial charge is 0.0622 e. The Bertz CT molecular complexity index is 632. The predicted molar refractivity (Wildman–Crippen MR) is 114 cm³/mol. The summed E-state index contributed by atoms with van der Waals surface area (Å²) >= 11 is 0. The minimum Gasteiger partial charge on any atom is -0.390 e. The molecule has 8 atom stereocenters. The molecule has 4 aliphatic rings. The van der Waals surface area contributed by atoms with Gasteiger partial charge in [-0.25, -0.2) is 0 Å². The normalized spacial score (nSPS) is 49.8. The van der Waals surface area contributed by atoms with Crippen LogP contribution >= 0.6 is 0 Å². The molecular weight excluding hydrogens is 330 g/mol. The largest absolute Gasteiger partial charge is 0.390 e. The number of nitrogens with zero attached hydrogens (tertiary/aromatic N) is 1. The highest BCUT2D eigenvalue weighted by atomic mass is 16.3. The fraction of sp³-hybridized carbons (Fsp3) is 0.800. The molecule has 4 aliphatic carbocycles. The van der Waals surface area contributed by atoms with Crippen LogP contribution in [0.4, 0.5) is 0 Å². The maximum Gasteiger partial charge on any atom is 0.0622 e. The summed E-state index contributed by atoms with van der Waals surface area (Å²) in [5, 5.41) is 10.6. The molecule has 4 rings (SSSR count). The Morgan fingerprint density at radius 2 is 1.78 bits per heavy atom. The molecule has 27 heavy (non-hydrogen) atoms. The Morgan fingerprint density at radius 3 is 2.56 bits per heavy atom. The molecule has 0 bridgehead atoms. The van der Waals surface area contributed by atoms with Gasteiger partial charge in [0.2, 0.25) is 0 Å². The van der Waals surface area contributed by atoms with E-state index in [1.807, 2.05) is 19.3 Å². The Morgan fingerprint density at radius 1 is 1.00 bits per heavy atom. The zero-order chi connectivity index (χ0) is 19.2. The fourth-order valence-corrected chi connectivity index (χ4v) is 8.03. The summed E-state index contributed by atoms with van der Waals surface area (Å²) in [7, 11) is 0. The molecule has 0 heterocycles. The number of aliphatic hydroxyl groups is 1. The zero-order valence-corrected chi connectivity index (χ0v) is 17.7. The van der Waals surface area contributed by atoms with Crippen LogP contribution in [0.5, 0.6) is 0 Å². The number of hydrogen-bond acceptors (Lipinski definition) is 2. The third-order valence-electron chi connectivity index (χ3n) is 9.21. The van der Waals surface area contributed by atoms with E-state index in [2.05, 4.69) is 31.5 Å². The van der Waals surface area contributed by atoms with Crippen LogP contribution in [-0.2, 0) is 0 Å². The number of aliphatic imine (C=N–C) groups is 1. The van der Waals surface area contributed by atoms with Gasteiger partial charge in [-0.3, -0.25) is 4.99 Å². The highest BCUT2D eigenvalue weighted by Crippen LogP contribution is 2.65. The fourth-order valence-electron chi connectivity index (χ4n) is 8.03. The summed E-state index contributed by atoms with van der Waals surface area (Å²) in [5.74, 6) is 5.02. The lowest BCUT2D eigenvalue weighted by molar-refractivity contribution is -0.0976. The second-order valence-electron chi connectivity index (χ2n) is 10.6. The van der Waals surface area contributed by atoms with E-state index < -0.39 is 5.60 Å². The van der Waals surface area contributed by atoms with Gasteiger partial charge in [-0.1, -0.05) is 19.1 Å². The van der Waals surface area contributed by atoms with Crippen LogP contribution in [0.25, 0.3) is 0 Å². The van der Waals surface area contributed by atoms with Gasteiger partial charge in [-0.2, -0.15) is 0 Å². The molecule has 0 aromatic carbocycles. The first-order valence-corrected chi connectivity index (χ1v) is 11.4. The van der Waals surface area contributed by atoms with E-state index in [1.165, 1.54) is 50.5 Å². The SMILES string of the molecule is C=C(/C=C\N=CC)[C@H]1CC[C@H]2[C@@H]3CC[C@@H]4C[C@](C)(O)CC[C@@H]4[C@H]3CC[C@]12C. The van der Waals surface area contributed by atoms with Crippen molar-refractivity contribution in [2.24, 2.45) is 45.9 Å². The van der Waals surface area contributed by atoms with Crippen molar-refractivity contribution in [3.8, 4) is 0 Å². The van der Waals surface area contributed by atoms with E-state index in [1.54, 1.807) is 0 Å². The molecule has 0 spiro atoms. The van der Waals surface area contributed by atoms with Crippen molar-refractivity contribution in [1.82, 2.24) is 0 Å². The molecule has 1 N–H and O–H groups in total. The average Bonchev–Trinajstić information content (AvgIpc) is 2.98. The first kappa shape index (κ1) is 19.4. The zero-order valence-electron chi connectivity index (χ0n) is 17.7. The number of allylic oxidation sites excluding steroid dienone is 2. The molecule has 4 fully saturated rings. The molecule has 0 aromatic heterocycles. The Labute approximate surface area is 166 Å². The van der Waals surface area contributed by atoms with Gasteiger partial charge in [-0.15, -0.1) is 0 Å². The summed E-state index contributed by atoms with van der Waals surface area (Å²) < 4.78 is 0. The van der Waals surface area contributed by atoms with Crippen LogP contribution in [0.1, 0.15) is 78.6 Å². The third-order valence-corrected chi connectivity index (χ3v) is 9.21. The summed E-state index contributed by atoms with van der Waals surface area (Å²) in [6.07, 6.45) is 17.5. The summed E-state index contributed by atoms with van der Waals surface area (Å²) in [6.45, 7) is 11.0. The average molecular weight is 370 g/mol. The van der Waals surface area contributed by atoms with Crippen LogP contribution in [0.2, 0.25) is 0 Å². The number of hydrogen-bond donors (Lipinski definition) is 1. The maximum absolute atomic E-state index is 10.6. The van der Waals surface area contributed by atoms with E-state index in [4.69, 9.17) is 0 Å². The van der Waals surface area contributed by atoms with Gasteiger partial charge >= 0.3 is 0 Å². The van der Waals surface area contributed by atoms with E-state index in [0.29, 0.717) is 11.3 Å². The topological polar surface area (TPSA) is 32.6 Å². The second-order valence-corrected chi connectivity index (χ2v) is 10.6. The van der Waals surface area contributed by atoms with Gasteiger partial charge in [0.15, 0.2) is 0 Å². The highest BCUT2D eigenvalue weighted by molar-refractivity contribution is 5.54. The van der Waals surface area contributed by atoms with Gasteiger partial charge in [0.1, 0.15) is 0 Å². The molecule has 2 heteroatoms. The van der Waals surface area contributed by atoms with Gasteiger partial charge in [0, 0.05) is 12.4 Å². The molecule has 150 valence electrons. The molecule has 0 aliphatic heterocycles. The van der Waals surface area contributed by atoms with E-state index in [0.717, 1.165) is 42.4 Å². The molecule has 0 radical (unpaired) electrons. The predicted octanol–water partition coefficient (Wildman–Crippen LogP) is 6.17. The van der Waals surface area contributed by atoms with E-state index in [9.17, 15) is 5.11 Å². The van der Waals surface area contributed by atoms with Crippen molar-refractivity contribution in [2.45, 2.75) is 84.2 Å². The molecule has 0 saturated heterocycles. The minimum atomic E-state index is -0.402. The summed E-state index contributed by atoms with van der Waals surface area (Å²) in [5.41, 5.74) is 1.33. The minimum absolute atomic E-state index is 0.402. The van der Waals surface area contributed by atoms with Gasteiger partial charge in [-0.05, 0) is 119 Å². The molecule has 0 unspecified atom stereocenters. The molecular formula is C25H39NO. The first-order valence-electron chi connectivity index (χ1n) is 11.4. The lowest BCUT2D eigenvalue weighted by Gasteiger charge is -2.57. The van der Waals surface area contributed by atoms with E-state index >= 15 is 0 Å². The van der Waals surface area contributed by atoms with Crippen molar-refractivity contribution < 1.29 is 5.11 Å². The Kier molecular flexibility index (Phi) is 5.16. The van der Waals surface area contributed by atoms with Crippen molar-refractivity contribution in [1.29, 1.82) is 0 Å². The van der Waals surface area contributed by atoms with Crippen LogP contribution < -0.4 is 0 Å². The van der Waals surface area contributed by atoms with Gasteiger partial charge in [0.25, 0.3) is 0 Å². The molecule has 0 aromatic rings. The van der Waals surface area contributed by atoms with Crippen LogP contribution in [-0.4, -0.2) is 16.9 Å². The third kappa shape index (κ3) is 3.37. The van der Waals surface area contributed by atoms with Crippen molar-refractivity contribution in [2.75, 3.05) is 0 Å². The highest BCUT2D eigenvalue weighted by Gasteiger charge is 2.57. The van der Waals surface area contributed by atoms with Gasteiger partial charge < -0.3 is 5.11 Å². The second kappa shape index (κ2) is 7.17. The molecule has 0 amide bonds.